The summed E-state index contributed by atoms with van der Waals surface area (Å²) < 4.78 is 6.09. The lowest BCUT2D eigenvalue weighted by Gasteiger charge is -2.31. The van der Waals surface area contributed by atoms with Crippen molar-refractivity contribution in [2.75, 3.05) is 0 Å². The standard InChI is InChI=1S/C24H23N5O3/c1-16-5-10-21(23(30)27-16)28-14-20-19(24(28)31)3-2-4-22(20)32-15-18-8-6-17(7-9-18)13-29-25-11-12-26-29/h2-4,6-9,11-12,21H,1,5,10,13-15H2,(H,27,30). The van der Waals surface area contributed by atoms with E-state index in [1.165, 1.54) is 0 Å². The number of allylic oxidation sites excluding steroid dienone is 1. The predicted molar refractivity (Wildman–Crippen MR) is 117 cm³/mol. The molecular weight excluding hydrogens is 406 g/mol. The minimum absolute atomic E-state index is 0.130. The van der Waals surface area contributed by atoms with Crippen LogP contribution < -0.4 is 10.1 Å². The number of carbonyl (C=O) groups is 2. The van der Waals surface area contributed by atoms with Gasteiger partial charge in [0, 0.05) is 16.8 Å². The molecule has 5 rings (SSSR count). The Morgan fingerprint density at radius 1 is 1.06 bits per heavy atom. The molecule has 1 aromatic heterocycles. The smallest absolute Gasteiger partial charge is 0.255 e. The average Bonchev–Trinajstić information content (AvgIpc) is 3.42. The number of amides is 2. The van der Waals surface area contributed by atoms with Gasteiger partial charge in [0.25, 0.3) is 5.91 Å². The van der Waals surface area contributed by atoms with Gasteiger partial charge in [-0.2, -0.15) is 15.0 Å². The predicted octanol–water partition coefficient (Wildman–Crippen LogP) is 2.65. The quantitative estimate of drug-likeness (QED) is 0.651. The Hall–Kier alpha value is -3.94. The normalized spacial score (nSPS) is 17.9. The number of benzene rings is 2. The fraction of sp³-hybridized carbons (Fsp3) is 0.250. The highest BCUT2D eigenvalue weighted by atomic mass is 16.5. The Bertz CT molecular complexity index is 1170. The first-order chi connectivity index (χ1) is 15.6. The zero-order valence-corrected chi connectivity index (χ0v) is 17.5. The summed E-state index contributed by atoms with van der Waals surface area (Å²) in [6.45, 7) is 5.17. The number of ether oxygens (including phenoxy) is 1. The lowest BCUT2D eigenvalue weighted by Crippen LogP contribution is -2.49. The molecule has 0 radical (unpaired) electrons. The minimum Gasteiger partial charge on any atom is -0.489 e. The number of hydrogen-bond acceptors (Lipinski definition) is 5. The molecule has 1 fully saturated rings. The Labute approximate surface area is 185 Å². The Morgan fingerprint density at radius 2 is 1.81 bits per heavy atom. The molecule has 0 saturated carbocycles. The van der Waals surface area contributed by atoms with Crippen LogP contribution in [0.1, 0.15) is 39.9 Å². The lowest BCUT2D eigenvalue weighted by molar-refractivity contribution is -0.126. The molecule has 32 heavy (non-hydrogen) atoms. The first kappa shape index (κ1) is 20.0. The first-order valence-electron chi connectivity index (χ1n) is 10.5. The SMILES string of the molecule is C=C1CCC(N2Cc3c(OCc4ccc(Cn5nccn5)cc4)cccc3C2=O)C(=O)N1. The van der Waals surface area contributed by atoms with Crippen molar-refractivity contribution in [3.63, 3.8) is 0 Å². The van der Waals surface area contributed by atoms with Crippen molar-refractivity contribution in [1.82, 2.24) is 25.2 Å². The van der Waals surface area contributed by atoms with Gasteiger partial charge in [-0.15, -0.1) is 0 Å². The summed E-state index contributed by atoms with van der Waals surface area (Å²) in [4.78, 5) is 28.6. The molecule has 8 heteroatoms. The maximum Gasteiger partial charge on any atom is 0.255 e. The number of nitrogens with one attached hydrogen (secondary N) is 1. The van der Waals surface area contributed by atoms with E-state index in [-0.39, 0.29) is 11.8 Å². The fourth-order valence-electron chi connectivity index (χ4n) is 4.16. The van der Waals surface area contributed by atoms with Gasteiger partial charge in [0.15, 0.2) is 0 Å². The third kappa shape index (κ3) is 3.87. The molecule has 2 aromatic carbocycles. The lowest BCUT2D eigenvalue weighted by atomic mass is 10.0. The van der Waals surface area contributed by atoms with E-state index >= 15 is 0 Å². The van der Waals surface area contributed by atoms with E-state index < -0.39 is 6.04 Å². The molecule has 0 aliphatic carbocycles. The maximum atomic E-state index is 13.0. The van der Waals surface area contributed by atoms with Gasteiger partial charge in [-0.1, -0.05) is 36.9 Å². The van der Waals surface area contributed by atoms with E-state index in [0.717, 1.165) is 16.7 Å². The van der Waals surface area contributed by atoms with Crippen LogP contribution in [0.4, 0.5) is 0 Å². The number of piperidine rings is 1. The summed E-state index contributed by atoms with van der Waals surface area (Å²) in [6.07, 6.45) is 4.57. The van der Waals surface area contributed by atoms with Crippen LogP contribution in [-0.2, 0) is 24.5 Å². The molecule has 1 saturated heterocycles. The highest BCUT2D eigenvalue weighted by Crippen LogP contribution is 2.34. The van der Waals surface area contributed by atoms with Crippen molar-refractivity contribution in [3.05, 3.63) is 89.4 Å². The van der Waals surface area contributed by atoms with Gasteiger partial charge in [0.1, 0.15) is 18.4 Å². The molecule has 0 bridgehead atoms. The van der Waals surface area contributed by atoms with Crippen LogP contribution in [0.15, 0.2) is 67.1 Å². The van der Waals surface area contributed by atoms with E-state index in [2.05, 4.69) is 22.1 Å². The van der Waals surface area contributed by atoms with Crippen molar-refractivity contribution in [2.24, 2.45) is 0 Å². The topological polar surface area (TPSA) is 89.3 Å². The molecule has 162 valence electrons. The minimum atomic E-state index is -0.481. The molecular formula is C24H23N5O3. The van der Waals surface area contributed by atoms with Crippen molar-refractivity contribution in [3.8, 4) is 5.75 Å². The van der Waals surface area contributed by atoms with Crippen LogP contribution in [0.25, 0.3) is 0 Å². The summed E-state index contributed by atoms with van der Waals surface area (Å²) in [5.41, 5.74) is 4.25. The Balaban J connectivity index is 1.27. The molecule has 3 heterocycles. The van der Waals surface area contributed by atoms with Gasteiger partial charge >= 0.3 is 0 Å². The number of aromatic nitrogens is 3. The zero-order valence-electron chi connectivity index (χ0n) is 17.5. The summed E-state index contributed by atoms with van der Waals surface area (Å²) in [5.74, 6) is 0.369. The average molecular weight is 429 g/mol. The van der Waals surface area contributed by atoms with Crippen LogP contribution in [0, 0.1) is 0 Å². The second-order valence-electron chi connectivity index (χ2n) is 8.03. The number of hydrogen-bond donors (Lipinski definition) is 1. The number of carbonyl (C=O) groups excluding carboxylic acids is 2. The van der Waals surface area contributed by atoms with Crippen LogP contribution in [0.3, 0.4) is 0 Å². The monoisotopic (exact) mass is 429 g/mol. The fourth-order valence-corrected chi connectivity index (χ4v) is 4.16. The number of rotatable bonds is 6. The van der Waals surface area contributed by atoms with Gasteiger partial charge in [-0.25, -0.2) is 0 Å². The van der Waals surface area contributed by atoms with E-state index in [0.29, 0.717) is 49.5 Å². The zero-order chi connectivity index (χ0) is 22.1. The molecule has 1 N–H and O–H groups in total. The van der Waals surface area contributed by atoms with Gasteiger partial charge in [0.05, 0.1) is 25.5 Å². The van der Waals surface area contributed by atoms with E-state index in [1.807, 2.05) is 36.4 Å². The van der Waals surface area contributed by atoms with Crippen molar-refractivity contribution in [2.45, 2.75) is 38.6 Å². The second kappa shape index (κ2) is 8.30. The summed E-state index contributed by atoms with van der Waals surface area (Å²) in [5, 5.41) is 11.0. The molecule has 2 aliphatic rings. The van der Waals surface area contributed by atoms with Crippen LogP contribution in [0.5, 0.6) is 5.75 Å². The molecule has 0 spiro atoms. The van der Waals surface area contributed by atoms with Gasteiger partial charge < -0.3 is 15.0 Å². The summed E-state index contributed by atoms with van der Waals surface area (Å²) >= 11 is 0. The van der Waals surface area contributed by atoms with Gasteiger partial charge in [-0.05, 0) is 36.1 Å². The molecule has 3 aromatic rings. The molecule has 1 unspecified atom stereocenters. The van der Waals surface area contributed by atoms with Crippen LogP contribution >= 0.6 is 0 Å². The molecule has 2 aliphatic heterocycles. The van der Waals surface area contributed by atoms with Crippen molar-refractivity contribution < 1.29 is 14.3 Å². The van der Waals surface area contributed by atoms with E-state index in [9.17, 15) is 9.59 Å². The largest absolute Gasteiger partial charge is 0.489 e. The van der Waals surface area contributed by atoms with E-state index in [4.69, 9.17) is 4.74 Å². The maximum absolute atomic E-state index is 13.0. The Kier molecular flexibility index (Phi) is 5.18. The molecule has 1 atom stereocenters. The highest BCUT2D eigenvalue weighted by molar-refractivity contribution is 6.02. The molecule has 2 amide bonds. The number of fused-ring (bicyclic) bond motifs is 1. The summed E-state index contributed by atoms with van der Waals surface area (Å²) in [6, 6.07) is 13.1. The van der Waals surface area contributed by atoms with E-state index in [1.54, 1.807) is 28.2 Å². The van der Waals surface area contributed by atoms with Gasteiger partial charge in [0.2, 0.25) is 5.91 Å². The summed E-state index contributed by atoms with van der Waals surface area (Å²) in [7, 11) is 0. The molecule has 8 nitrogen and oxygen atoms in total. The van der Waals surface area contributed by atoms with Gasteiger partial charge in [-0.3, -0.25) is 9.59 Å². The second-order valence-corrected chi connectivity index (χ2v) is 8.03. The Morgan fingerprint density at radius 3 is 2.56 bits per heavy atom. The van der Waals surface area contributed by atoms with Crippen LogP contribution in [0.2, 0.25) is 0 Å². The van der Waals surface area contributed by atoms with Crippen molar-refractivity contribution >= 4 is 11.8 Å². The van der Waals surface area contributed by atoms with Crippen molar-refractivity contribution in [1.29, 1.82) is 0 Å². The third-order valence-corrected chi connectivity index (χ3v) is 5.86. The van der Waals surface area contributed by atoms with Crippen LogP contribution in [-0.4, -0.2) is 37.7 Å². The number of nitrogens with zero attached hydrogens (tertiary/aromatic N) is 4. The third-order valence-electron chi connectivity index (χ3n) is 5.86. The first-order valence-corrected chi connectivity index (χ1v) is 10.5. The highest BCUT2D eigenvalue weighted by Gasteiger charge is 2.39.